The molecule has 0 aliphatic carbocycles. The predicted octanol–water partition coefficient (Wildman–Crippen LogP) is 0.915. The Bertz CT molecular complexity index is 865. The van der Waals surface area contributed by atoms with E-state index in [1.807, 2.05) is 0 Å². The van der Waals surface area contributed by atoms with Crippen molar-refractivity contribution in [2.24, 2.45) is 0 Å². The van der Waals surface area contributed by atoms with E-state index in [1.54, 1.807) is 0 Å². The van der Waals surface area contributed by atoms with Gasteiger partial charge in [-0.2, -0.15) is 16.8 Å². The average molecular weight is 303 g/mol. The van der Waals surface area contributed by atoms with Crippen LogP contribution in [0.25, 0.3) is 10.8 Å². The van der Waals surface area contributed by atoms with E-state index in [2.05, 4.69) is 0 Å². The van der Waals surface area contributed by atoms with Gasteiger partial charge in [0.05, 0.1) is 9.79 Å². The molecule has 0 heterocycles. The van der Waals surface area contributed by atoms with Gasteiger partial charge in [-0.05, 0) is 29.7 Å². The van der Waals surface area contributed by atoms with Crippen molar-refractivity contribution in [2.75, 3.05) is 5.73 Å². The fourth-order valence-electron chi connectivity index (χ4n) is 1.66. The summed E-state index contributed by atoms with van der Waals surface area (Å²) in [4.78, 5) is -0.850. The third-order valence-corrected chi connectivity index (χ3v) is 4.21. The van der Waals surface area contributed by atoms with Gasteiger partial charge < -0.3 is 5.73 Å². The summed E-state index contributed by atoms with van der Waals surface area (Å²) in [5.74, 6) is 0. The Morgan fingerprint density at radius 1 is 0.842 bits per heavy atom. The van der Waals surface area contributed by atoms with Gasteiger partial charge >= 0.3 is 0 Å². The van der Waals surface area contributed by atoms with Crippen LogP contribution < -0.4 is 5.73 Å². The highest BCUT2D eigenvalue weighted by Gasteiger charge is 2.15. The standard InChI is InChI=1S/C10H9NO6S2/c11-10-5-8(19(15,16)17)4-6-3-7(18(12,13)14)1-2-9(6)10/h1-5H,11H2,(H,12,13,14)(H,15,16,17). The zero-order valence-electron chi connectivity index (χ0n) is 9.31. The fraction of sp³-hybridized carbons (Fsp3) is 0. The molecule has 2 rings (SSSR count). The highest BCUT2D eigenvalue weighted by molar-refractivity contribution is 7.86. The third kappa shape index (κ3) is 2.68. The smallest absolute Gasteiger partial charge is 0.294 e. The average Bonchev–Trinajstić information content (AvgIpc) is 2.25. The first-order valence-electron chi connectivity index (χ1n) is 4.87. The fourth-order valence-corrected chi connectivity index (χ4v) is 2.73. The maximum Gasteiger partial charge on any atom is 0.294 e. The first-order chi connectivity index (χ1) is 8.59. The molecule has 0 saturated carbocycles. The molecule has 0 fully saturated rings. The third-order valence-electron chi connectivity index (χ3n) is 2.53. The van der Waals surface area contributed by atoms with Crippen LogP contribution in [0.2, 0.25) is 0 Å². The Balaban J connectivity index is 2.85. The van der Waals surface area contributed by atoms with E-state index in [-0.39, 0.29) is 11.1 Å². The lowest BCUT2D eigenvalue weighted by Gasteiger charge is -2.06. The number of rotatable bonds is 2. The molecule has 0 atom stereocenters. The summed E-state index contributed by atoms with van der Waals surface area (Å²) in [5.41, 5.74) is 5.69. The molecule has 0 saturated heterocycles. The van der Waals surface area contributed by atoms with Crippen LogP contribution in [0.4, 0.5) is 5.69 Å². The summed E-state index contributed by atoms with van der Waals surface area (Å²) >= 11 is 0. The van der Waals surface area contributed by atoms with Crippen LogP contribution in [0.3, 0.4) is 0 Å². The number of benzene rings is 2. The second-order valence-electron chi connectivity index (χ2n) is 3.85. The van der Waals surface area contributed by atoms with Crippen LogP contribution in [0.1, 0.15) is 0 Å². The Morgan fingerprint density at radius 2 is 1.37 bits per heavy atom. The van der Waals surface area contributed by atoms with Gasteiger partial charge in [-0.3, -0.25) is 9.11 Å². The highest BCUT2D eigenvalue weighted by Crippen LogP contribution is 2.27. The van der Waals surface area contributed by atoms with Crippen LogP contribution in [-0.2, 0) is 20.2 Å². The quantitative estimate of drug-likeness (QED) is 0.554. The second kappa shape index (κ2) is 4.17. The molecule has 2 aromatic carbocycles. The number of anilines is 1. The van der Waals surface area contributed by atoms with Crippen molar-refractivity contribution < 1.29 is 25.9 Å². The first kappa shape index (κ1) is 13.7. The van der Waals surface area contributed by atoms with E-state index in [1.165, 1.54) is 6.07 Å². The Labute approximate surface area is 109 Å². The summed E-state index contributed by atoms with van der Waals surface area (Å²) in [5, 5.41) is 0.572. The van der Waals surface area contributed by atoms with Gasteiger partial charge in [0.2, 0.25) is 0 Å². The van der Waals surface area contributed by atoms with Crippen LogP contribution in [0, 0.1) is 0 Å². The summed E-state index contributed by atoms with van der Waals surface area (Å²) in [6.07, 6.45) is 0. The van der Waals surface area contributed by atoms with E-state index in [9.17, 15) is 16.8 Å². The predicted molar refractivity (Wildman–Crippen MR) is 68.0 cm³/mol. The van der Waals surface area contributed by atoms with Crippen molar-refractivity contribution in [3.05, 3.63) is 30.3 Å². The maximum atomic E-state index is 11.0. The number of hydrogen-bond acceptors (Lipinski definition) is 5. The molecule has 0 spiro atoms. The van der Waals surface area contributed by atoms with Crippen LogP contribution in [0.5, 0.6) is 0 Å². The number of hydrogen-bond donors (Lipinski definition) is 3. The molecule has 19 heavy (non-hydrogen) atoms. The first-order valence-corrected chi connectivity index (χ1v) is 7.75. The van der Waals surface area contributed by atoms with Crippen molar-refractivity contribution in [2.45, 2.75) is 9.79 Å². The van der Waals surface area contributed by atoms with Crippen molar-refractivity contribution in [3.8, 4) is 0 Å². The van der Waals surface area contributed by atoms with Gasteiger partial charge in [0.1, 0.15) is 0 Å². The molecule has 2 aromatic rings. The number of nitrogen functional groups attached to an aromatic ring is 1. The maximum absolute atomic E-state index is 11.0. The molecule has 0 bridgehead atoms. The SMILES string of the molecule is Nc1cc(S(=O)(=O)O)cc2cc(S(=O)(=O)O)ccc12. The van der Waals surface area contributed by atoms with Gasteiger partial charge in [0.25, 0.3) is 20.2 Å². The highest BCUT2D eigenvalue weighted by atomic mass is 32.2. The van der Waals surface area contributed by atoms with Crippen molar-refractivity contribution in [1.29, 1.82) is 0 Å². The van der Waals surface area contributed by atoms with Gasteiger partial charge in [-0.1, -0.05) is 6.07 Å². The molecular weight excluding hydrogens is 294 g/mol. The zero-order chi connectivity index (χ0) is 14.4. The van der Waals surface area contributed by atoms with Gasteiger partial charge in [0.15, 0.2) is 0 Å². The molecular formula is C10H9NO6S2. The van der Waals surface area contributed by atoms with Crippen molar-refractivity contribution in [1.82, 2.24) is 0 Å². The largest absolute Gasteiger partial charge is 0.398 e. The molecule has 4 N–H and O–H groups in total. The van der Waals surface area contributed by atoms with E-state index in [4.69, 9.17) is 14.8 Å². The molecule has 0 radical (unpaired) electrons. The number of fused-ring (bicyclic) bond motifs is 1. The van der Waals surface area contributed by atoms with Crippen LogP contribution in [0.15, 0.2) is 40.1 Å². The topological polar surface area (TPSA) is 135 Å². The van der Waals surface area contributed by atoms with Gasteiger partial charge in [0, 0.05) is 11.1 Å². The van der Waals surface area contributed by atoms with Crippen molar-refractivity contribution >= 4 is 36.7 Å². The minimum absolute atomic E-state index is 0.0620. The lowest BCUT2D eigenvalue weighted by atomic mass is 10.1. The summed E-state index contributed by atoms with van der Waals surface area (Å²) < 4.78 is 62.0. The molecule has 102 valence electrons. The van der Waals surface area contributed by atoms with E-state index < -0.39 is 30.0 Å². The summed E-state index contributed by atoms with van der Waals surface area (Å²) in [6.45, 7) is 0. The molecule has 0 unspecified atom stereocenters. The van der Waals surface area contributed by atoms with Crippen molar-refractivity contribution in [3.63, 3.8) is 0 Å². The van der Waals surface area contributed by atoms with Crippen LogP contribution in [-0.4, -0.2) is 25.9 Å². The zero-order valence-corrected chi connectivity index (χ0v) is 10.9. The minimum Gasteiger partial charge on any atom is -0.398 e. The molecule has 9 heteroatoms. The lowest BCUT2D eigenvalue weighted by molar-refractivity contribution is 0.481. The van der Waals surface area contributed by atoms with E-state index in [0.717, 1.165) is 24.3 Å². The Morgan fingerprint density at radius 3 is 1.89 bits per heavy atom. The molecule has 0 aliphatic rings. The molecule has 7 nitrogen and oxygen atoms in total. The summed E-state index contributed by atoms with van der Waals surface area (Å²) in [6, 6.07) is 5.67. The van der Waals surface area contributed by atoms with E-state index in [0.29, 0.717) is 5.39 Å². The normalized spacial score (nSPS) is 12.7. The Hall–Kier alpha value is -1.68. The molecule has 0 amide bonds. The Kier molecular flexibility index (Phi) is 3.01. The van der Waals surface area contributed by atoms with Gasteiger partial charge in [-0.25, -0.2) is 0 Å². The summed E-state index contributed by atoms with van der Waals surface area (Å²) in [7, 11) is -8.87. The molecule has 0 aromatic heterocycles. The van der Waals surface area contributed by atoms with Crippen LogP contribution >= 0.6 is 0 Å². The monoisotopic (exact) mass is 303 g/mol. The molecule has 0 aliphatic heterocycles. The van der Waals surface area contributed by atoms with E-state index >= 15 is 0 Å². The second-order valence-corrected chi connectivity index (χ2v) is 6.69. The lowest BCUT2D eigenvalue weighted by Crippen LogP contribution is -2.01. The van der Waals surface area contributed by atoms with Gasteiger partial charge in [-0.15, -0.1) is 0 Å². The number of nitrogens with two attached hydrogens (primary N) is 1. The minimum atomic E-state index is -4.46.